The van der Waals surface area contributed by atoms with Gasteiger partial charge in [0, 0.05) is 23.9 Å². The molecule has 2 bridgehead atoms. The maximum absolute atomic E-state index is 13.0. The lowest BCUT2D eigenvalue weighted by Crippen LogP contribution is -2.45. The second-order valence-electron chi connectivity index (χ2n) is 9.18. The van der Waals surface area contributed by atoms with E-state index in [2.05, 4.69) is 17.2 Å². The number of hydrogen-bond donors (Lipinski definition) is 1. The minimum atomic E-state index is -2.72. The van der Waals surface area contributed by atoms with Gasteiger partial charge in [0.05, 0.1) is 29.6 Å². The van der Waals surface area contributed by atoms with Crippen LogP contribution in [0, 0.1) is 0 Å². The molecule has 0 radical (unpaired) electrons. The second-order valence-corrected chi connectivity index (χ2v) is 9.18. The lowest BCUT2D eigenvalue weighted by atomic mass is 9.62. The van der Waals surface area contributed by atoms with Gasteiger partial charge in [-0.05, 0) is 45.7 Å². The number of carbonyl (C=O) groups excluding carboxylic acids is 1. The third-order valence-corrected chi connectivity index (χ3v) is 6.06. The van der Waals surface area contributed by atoms with Crippen LogP contribution in [0.3, 0.4) is 0 Å². The van der Waals surface area contributed by atoms with Crippen molar-refractivity contribution in [3.63, 3.8) is 0 Å². The van der Waals surface area contributed by atoms with Gasteiger partial charge in [0.2, 0.25) is 0 Å². The fourth-order valence-corrected chi connectivity index (χ4v) is 4.77. The number of carbonyl (C=O) groups is 1. The molecule has 0 atom stereocenters. The van der Waals surface area contributed by atoms with E-state index >= 15 is 0 Å². The highest BCUT2D eigenvalue weighted by atomic mass is 19.3. The Kier molecular flexibility index (Phi) is 4.70. The van der Waals surface area contributed by atoms with Crippen LogP contribution in [0.4, 0.5) is 14.6 Å². The largest absolute Gasteiger partial charge is 0.490 e. The molecule has 0 aromatic carbocycles. The smallest absolute Gasteiger partial charge is 0.280 e. The zero-order valence-electron chi connectivity index (χ0n) is 18.1. The predicted molar refractivity (Wildman–Crippen MR) is 113 cm³/mol. The number of rotatable bonds is 6. The first-order valence-electron chi connectivity index (χ1n) is 10.6. The quantitative estimate of drug-likeness (QED) is 0.607. The molecule has 3 aromatic heterocycles. The molecule has 3 aromatic rings. The van der Waals surface area contributed by atoms with Crippen LogP contribution in [0.5, 0.6) is 5.75 Å². The zero-order chi connectivity index (χ0) is 22.7. The predicted octanol–water partition coefficient (Wildman–Crippen LogP) is 4.53. The molecule has 1 saturated carbocycles. The second kappa shape index (κ2) is 7.23. The SMILES string of the molecule is CC(C)Oc1cc2nc(C34COC(C)(C3)C4)cn2cc1C(=O)Nc1cccc(C(F)F)n1. The van der Waals surface area contributed by atoms with Crippen molar-refractivity contribution in [2.75, 3.05) is 11.9 Å². The number of aromatic nitrogens is 3. The number of amides is 1. The molecule has 6 rings (SSSR count). The van der Waals surface area contributed by atoms with Crippen LogP contribution in [-0.4, -0.2) is 38.6 Å². The first-order valence-corrected chi connectivity index (χ1v) is 10.6. The van der Waals surface area contributed by atoms with Gasteiger partial charge in [-0.3, -0.25) is 4.79 Å². The van der Waals surface area contributed by atoms with Gasteiger partial charge in [0.1, 0.15) is 22.9 Å². The van der Waals surface area contributed by atoms with Crippen molar-refractivity contribution in [1.29, 1.82) is 0 Å². The lowest BCUT2D eigenvalue weighted by molar-refractivity contribution is 0.0154. The van der Waals surface area contributed by atoms with Crippen molar-refractivity contribution in [2.45, 2.75) is 57.2 Å². The minimum absolute atomic E-state index is 0.0467. The number of ether oxygens (including phenoxy) is 2. The van der Waals surface area contributed by atoms with E-state index in [1.165, 1.54) is 18.2 Å². The van der Waals surface area contributed by atoms with Gasteiger partial charge in [0.25, 0.3) is 12.3 Å². The Balaban J connectivity index is 1.49. The van der Waals surface area contributed by atoms with E-state index in [9.17, 15) is 13.6 Å². The van der Waals surface area contributed by atoms with E-state index in [1.807, 2.05) is 20.0 Å². The Morgan fingerprint density at radius 3 is 2.69 bits per heavy atom. The minimum Gasteiger partial charge on any atom is -0.490 e. The van der Waals surface area contributed by atoms with Crippen LogP contribution in [0.15, 0.2) is 36.7 Å². The van der Waals surface area contributed by atoms with Crippen molar-refractivity contribution in [3.8, 4) is 5.75 Å². The Labute approximate surface area is 183 Å². The Hall–Kier alpha value is -3.07. The third-order valence-electron chi connectivity index (χ3n) is 6.06. The first kappa shape index (κ1) is 20.8. The summed E-state index contributed by atoms with van der Waals surface area (Å²) in [5.74, 6) is -0.0912. The van der Waals surface area contributed by atoms with E-state index in [4.69, 9.17) is 14.5 Å². The van der Waals surface area contributed by atoms with Gasteiger partial charge in [-0.25, -0.2) is 18.7 Å². The highest BCUT2D eigenvalue weighted by Crippen LogP contribution is 2.58. The summed E-state index contributed by atoms with van der Waals surface area (Å²) in [6, 6.07) is 5.83. The lowest BCUT2D eigenvalue weighted by Gasteiger charge is -2.41. The number of alkyl halides is 2. The van der Waals surface area contributed by atoms with Crippen molar-refractivity contribution >= 4 is 17.4 Å². The topological polar surface area (TPSA) is 77.8 Å². The summed E-state index contributed by atoms with van der Waals surface area (Å²) in [5, 5.41) is 2.60. The van der Waals surface area contributed by atoms with Crippen molar-refractivity contribution in [2.24, 2.45) is 0 Å². The van der Waals surface area contributed by atoms with Crippen LogP contribution < -0.4 is 10.1 Å². The molecule has 3 fully saturated rings. The zero-order valence-corrected chi connectivity index (χ0v) is 18.1. The van der Waals surface area contributed by atoms with Crippen LogP contribution in [0.2, 0.25) is 0 Å². The van der Waals surface area contributed by atoms with Crippen molar-refractivity contribution < 1.29 is 23.0 Å². The fraction of sp³-hybridized carbons (Fsp3) is 0.435. The summed E-state index contributed by atoms with van der Waals surface area (Å²) < 4.78 is 39.5. The first-order chi connectivity index (χ1) is 15.2. The number of halogens is 2. The Morgan fingerprint density at radius 1 is 1.25 bits per heavy atom. The van der Waals surface area contributed by atoms with Crippen LogP contribution in [0.1, 0.15) is 61.8 Å². The third kappa shape index (κ3) is 3.50. The molecule has 9 heteroatoms. The summed E-state index contributed by atoms with van der Waals surface area (Å²) in [7, 11) is 0. The number of nitrogens with zero attached hydrogens (tertiary/aromatic N) is 3. The number of hydrogen-bond acceptors (Lipinski definition) is 5. The summed E-state index contributed by atoms with van der Waals surface area (Å²) in [4.78, 5) is 21.7. The molecular weight excluding hydrogens is 418 g/mol. The molecule has 0 unspecified atom stereocenters. The van der Waals surface area contributed by atoms with Gasteiger partial charge < -0.3 is 19.2 Å². The highest BCUT2D eigenvalue weighted by Gasteiger charge is 2.61. The average molecular weight is 442 g/mol. The van der Waals surface area contributed by atoms with Gasteiger partial charge in [0.15, 0.2) is 0 Å². The van der Waals surface area contributed by atoms with E-state index < -0.39 is 18.0 Å². The molecule has 7 nitrogen and oxygen atoms in total. The highest BCUT2D eigenvalue weighted by molar-refractivity contribution is 6.05. The summed E-state index contributed by atoms with van der Waals surface area (Å²) in [6.45, 7) is 6.48. The number of imidazole rings is 1. The molecular formula is C23H24F2N4O3. The molecule has 1 aliphatic carbocycles. The monoisotopic (exact) mass is 442 g/mol. The number of nitrogens with one attached hydrogen (secondary N) is 1. The Morgan fingerprint density at radius 2 is 2.03 bits per heavy atom. The van der Waals surface area contributed by atoms with Crippen LogP contribution in [-0.2, 0) is 10.2 Å². The molecule has 1 amide bonds. The van der Waals surface area contributed by atoms with Gasteiger partial charge >= 0.3 is 0 Å². The summed E-state index contributed by atoms with van der Waals surface area (Å²) >= 11 is 0. The van der Waals surface area contributed by atoms with Gasteiger partial charge in [-0.15, -0.1) is 0 Å². The van der Waals surface area contributed by atoms with E-state index in [-0.39, 0.29) is 28.5 Å². The number of pyridine rings is 2. The van der Waals surface area contributed by atoms with E-state index in [0.29, 0.717) is 18.0 Å². The maximum atomic E-state index is 13.0. The molecule has 5 heterocycles. The van der Waals surface area contributed by atoms with Crippen LogP contribution >= 0.6 is 0 Å². The fourth-order valence-electron chi connectivity index (χ4n) is 4.77. The van der Waals surface area contributed by atoms with Gasteiger partial charge in [-0.1, -0.05) is 6.07 Å². The average Bonchev–Trinajstić information content (AvgIpc) is 3.37. The molecule has 3 aliphatic rings. The normalized spacial score (nSPS) is 24.2. The van der Waals surface area contributed by atoms with Crippen LogP contribution in [0.25, 0.3) is 5.65 Å². The Bertz CT molecular complexity index is 1200. The van der Waals surface area contributed by atoms with E-state index in [1.54, 1.807) is 16.7 Å². The number of anilines is 1. The standard InChI is InChI=1S/C23H24F2N4O3/c1-13(2)32-16-7-19-27-17(23-10-22(3,11-23)31-12-23)9-29(19)8-14(16)21(30)28-18-6-4-5-15(26-18)20(24)25/h4-9,13,20H,10-12H2,1-3H3,(H,26,28,30). The molecule has 0 spiro atoms. The molecule has 168 valence electrons. The van der Waals surface area contributed by atoms with Crippen molar-refractivity contribution in [3.05, 3.63) is 53.6 Å². The van der Waals surface area contributed by atoms with E-state index in [0.717, 1.165) is 18.5 Å². The summed E-state index contributed by atoms with van der Waals surface area (Å²) in [5.41, 5.74) is 1.32. The summed E-state index contributed by atoms with van der Waals surface area (Å²) in [6.07, 6.45) is 2.54. The number of fused-ring (bicyclic) bond motifs is 2. The maximum Gasteiger partial charge on any atom is 0.280 e. The molecule has 1 N–H and O–H groups in total. The van der Waals surface area contributed by atoms with Crippen molar-refractivity contribution in [1.82, 2.24) is 14.4 Å². The molecule has 32 heavy (non-hydrogen) atoms. The van der Waals surface area contributed by atoms with Gasteiger partial charge in [-0.2, -0.15) is 0 Å². The molecule has 2 saturated heterocycles. The molecule has 2 aliphatic heterocycles.